The molecule has 0 bridgehead atoms. The molecule has 28 heavy (non-hydrogen) atoms. The van der Waals surface area contributed by atoms with Crippen LogP contribution in [-0.2, 0) is 6.42 Å². The molecule has 3 N–H and O–H groups in total. The highest BCUT2D eigenvalue weighted by Crippen LogP contribution is 2.24. The van der Waals surface area contributed by atoms with Crippen LogP contribution in [0.4, 0.5) is 0 Å². The van der Waals surface area contributed by atoms with E-state index in [1.807, 2.05) is 48.5 Å². The molecule has 0 saturated heterocycles. The van der Waals surface area contributed by atoms with E-state index < -0.39 is 5.97 Å². The zero-order valence-electron chi connectivity index (χ0n) is 15.3. The number of carboxylic acids is 1. The number of nitrogens with two attached hydrogens (primary N) is 1. The van der Waals surface area contributed by atoms with Gasteiger partial charge in [0.05, 0.1) is 16.8 Å². The van der Waals surface area contributed by atoms with Gasteiger partial charge in [0.1, 0.15) is 0 Å². The highest BCUT2D eigenvalue weighted by atomic mass is 16.4. The number of para-hydroxylation sites is 1. The van der Waals surface area contributed by atoms with Crippen LogP contribution in [0.25, 0.3) is 22.2 Å². The average Bonchev–Trinajstić information content (AvgIpc) is 2.75. The fourth-order valence-electron chi connectivity index (χ4n) is 2.83. The minimum atomic E-state index is -0.950. The molecule has 0 amide bonds. The number of pyridine rings is 2. The van der Waals surface area contributed by atoms with Crippen molar-refractivity contribution in [2.75, 3.05) is 6.54 Å². The number of benzene rings is 2. The maximum absolute atomic E-state index is 11.4. The number of carbonyl (C=O) groups is 1. The highest BCUT2D eigenvalue weighted by Gasteiger charge is 2.12. The van der Waals surface area contributed by atoms with Crippen LogP contribution in [0.2, 0.25) is 0 Å². The smallest absolute Gasteiger partial charge is 0.336 e. The molecule has 0 unspecified atom stereocenters. The van der Waals surface area contributed by atoms with Crippen molar-refractivity contribution < 1.29 is 9.90 Å². The van der Waals surface area contributed by atoms with E-state index in [1.165, 1.54) is 5.56 Å². The van der Waals surface area contributed by atoms with Crippen LogP contribution in [0, 0.1) is 0 Å². The van der Waals surface area contributed by atoms with E-state index >= 15 is 0 Å². The molecule has 0 fully saturated rings. The Kier molecular flexibility index (Phi) is 6.44. The third-order valence-corrected chi connectivity index (χ3v) is 4.20. The highest BCUT2D eigenvalue weighted by molar-refractivity contribution is 6.03. The summed E-state index contributed by atoms with van der Waals surface area (Å²) in [7, 11) is 0. The molecule has 4 aromatic rings. The summed E-state index contributed by atoms with van der Waals surface area (Å²) in [6.07, 6.45) is 4.31. The van der Waals surface area contributed by atoms with E-state index in [0.29, 0.717) is 16.6 Å². The molecule has 140 valence electrons. The monoisotopic (exact) mass is 371 g/mol. The Morgan fingerprint density at radius 3 is 2.29 bits per heavy atom. The van der Waals surface area contributed by atoms with E-state index in [4.69, 9.17) is 5.73 Å². The number of hydrogen-bond acceptors (Lipinski definition) is 4. The van der Waals surface area contributed by atoms with Gasteiger partial charge in [-0.3, -0.25) is 4.98 Å². The van der Waals surface area contributed by atoms with Gasteiger partial charge in [-0.05, 0) is 42.8 Å². The SMILES string of the molecule is NCCc1ccccc1.O=C(O)c1cc(-c2ccncc2)nc2ccccc12. The third-order valence-electron chi connectivity index (χ3n) is 4.20. The lowest BCUT2D eigenvalue weighted by Crippen LogP contribution is -2.01. The third kappa shape index (κ3) is 4.78. The van der Waals surface area contributed by atoms with Gasteiger partial charge in [0.15, 0.2) is 0 Å². The van der Waals surface area contributed by atoms with Gasteiger partial charge in [-0.25, -0.2) is 9.78 Å². The molecule has 0 aliphatic rings. The fraction of sp³-hybridized carbons (Fsp3) is 0.0870. The second kappa shape index (κ2) is 9.39. The standard InChI is InChI=1S/C15H10N2O2.C8H11N/c18-15(19)12-9-14(10-5-7-16-8-6-10)17-13-4-2-1-3-11(12)13;9-7-6-8-4-2-1-3-5-8/h1-9H,(H,18,19);1-5H,6-7,9H2. The van der Waals surface area contributed by atoms with Crippen molar-refractivity contribution in [3.05, 3.63) is 96.3 Å². The van der Waals surface area contributed by atoms with Gasteiger partial charge in [0.2, 0.25) is 0 Å². The number of fused-ring (bicyclic) bond motifs is 1. The van der Waals surface area contributed by atoms with Crippen molar-refractivity contribution in [3.8, 4) is 11.3 Å². The quantitative estimate of drug-likeness (QED) is 0.562. The van der Waals surface area contributed by atoms with E-state index in [1.54, 1.807) is 24.5 Å². The largest absolute Gasteiger partial charge is 0.478 e. The molecular formula is C23H21N3O2. The zero-order valence-corrected chi connectivity index (χ0v) is 15.3. The first-order chi connectivity index (χ1) is 13.7. The Balaban J connectivity index is 0.000000211. The summed E-state index contributed by atoms with van der Waals surface area (Å²) in [5, 5.41) is 9.96. The first-order valence-corrected chi connectivity index (χ1v) is 8.96. The van der Waals surface area contributed by atoms with Gasteiger partial charge < -0.3 is 10.8 Å². The molecule has 0 radical (unpaired) electrons. The summed E-state index contributed by atoms with van der Waals surface area (Å²) in [5.74, 6) is -0.950. The molecule has 2 aromatic carbocycles. The molecule has 4 rings (SSSR count). The maximum atomic E-state index is 11.4. The molecule has 0 atom stereocenters. The van der Waals surface area contributed by atoms with Crippen molar-refractivity contribution >= 4 is 16.9 Å². The second-order valence-corrected chi connectivity index (χ2v) is 6.14. The summed E-state index contributed by atoms with van der Waals surface area (Å²) >= 11 is 0. The fourth-order valence-corrected chi connectivity index (χ4v) is 2.83. The Bertz CT molecular complexity index is 1050. The summed E-state index contributed by atoms with van der Waals surface area (Å²) < 4.78 is 0. The predicted molar refractivity (Wildman–Crippen MR) is 111 cm³/mol. The predicted octanol–water partition coefficient (Wildman–Crippen LogP) is 4.18. The van der Waals surface area contributed by atoms with Gasteiger partial charge in [-0.15, -0.1) is 0 Å². The van der Waals surface area contributed by atoms with Gasteiger partial charge in [0.25, 0.3) is 0 Å². The minimum absolute atomic E-state index is 0.261. The van der Waals surface area contributed by atoms with Crippen molar-refractivity contribution in [2.24, 2.45) is 5.73 Å². The molecule has 0 spiro atoms. The van der Waals surface area contributed by atoms with Crippen LogP contribution >= 0.6 is 0 Å². The molecule has 2 heterocycles. The van der Waals surface area contributed by atoms with Crippen molar-refractivity contribution in [2.45, 2.75) is 6.42 Å². The van der Waals surface area contributed by atoms with Crippen molar-refractivity contribution in [3.63, 3.8) is 0 Å². The summed E-state index contributed by atoms with van der Waals surface area (Å²) in [4.78, 5) is 19.8. The van der Waals surface area contributed by atoms with Gasteiger partial charge >= 0.3 is 5.97 Å². The summed E-state index contributed by atoms with van der Waals surface area (Å²) in [6, 6.07) is 22.7. The number of carboxylic acid groups (broad SMARTS) is 1. The van der Waals surface area contributed by atoms with Crippen LogP contribution in [0.15, 0.2) is 85.2 Å². The molecule has 0 aliphatic carbocycles. The van der Waals surface area contributed by atoms with E-state index in [0.717, 1.165) is 18.5 Å². The average molecular weight is 371 g/mol. The van der Waals surface area contributed by atoms with Crippen LogP contribution in [0.5, 0.6) is 0 Å². The van der Waals surface area contributed by atoms with Crippen molar-refractivity contribution in [1.29, 1.82) is 0 Å². The van der Waals surface area contributed by atoms with Crippen LogP contribution in [0.3, 0.4) is 0 Å². The normalized spacial score (nSPS) is 10.2. The second-order valence-electron chi connectivity index (χ2n) is 6.14. The number of nitrogens with zero attached hydrogens (tertiary/aromatic N) is 2. The number of aromatic nitrogens is 2. The number of aromatic carboxylic acids is 1. The van der Waals surface area contributed by atoms with Gasteiger partial charge in [0, 0.05) is 23.3 Å². The first-order valence-electron chi connectivity index (χ1n) is 8.96. The Hall–Kier alpha value is -3.57. The lowest BCUT2D eigenvalue weighted by atomic mass is 10.0. The van der Waals surface area contributed by atoms with Crippen LogP contribution < -0.4 is 5.73 Å². The van der Waals surface area contributed by atoms with E-state index in [2.05, 4.69) is 22.1 Å². The Labute approximate surface area is 163 Å². The minimum Gasteiger partial charge on any atom is -0.478 e. The molecule has 2 aromatic heterocycles. The van der Waals surface area contributed by atoms with Crippen LogP contribution in [0.1, 0.15) is 15.9 Å². The molecule has 5 nitrogen and oxygen atoms in total. The van der Waals surface area contributed by atoms with Gasteiger partial charge in [-0.2, -0.15) is 0 Å². The zero-order chi connectivity index (χ0) is 19.8. The maximum Gasteiger partial charge on any atom is 0.336 e. The van der Waals surface area contributed by atoms with Crippen molar-refractivity contribution in [1.82, 2.24) is 9.97 Å². The van der Waals surface area contributed by atoms with E-state index in [9.17, 15) is 9.90 Å². The van der Waals surface area contributed by atoms with E-state index in [-0.39, 0.29) is 5.56 Å². The van der Waals surface area contributed by atoms with Gasteiger partial charge in [-0.1, -0.05) is 48.5 Å². The first kappa shape index (κ1) is 19.2. The Morgan fingerprint density at radius 1 is 0.929 bits per heavy atom. The molecular weight excluding hydrogens is 350 g/mol. The number of rotatable bonds is 4. The molecule has 0 aliphatic heterocycles. The van der Waals surface area contributed by atoms with Crippen LogP contribution in [-0.4, -0.2) is 27.6 Å². The lowest BCUT2D eigenvalue weighted by molar-refractivity contribution is 0.0699. The summed E-state index contributed by atoms with van der Waals surface area (Å²) in [5.41, 5.74) is 9.10. The molecule has 0 saturated carbocycles. The number of hydrogen-bond donors (Lipinski definition) is 2. The molecule has 5 heteroatoms. The lowest BCUT2D eigenvalue weighted by Gasteiger charge is -2.06. The topological polar surface area (TPSA) is 89.1 Å². The Morgan fingerprint density at radius 2 is 1.61 bits per heavy atom. The summed E-state index contributed by atoms with van der Waals surface area (Å²) in [6.45, 7) is 0.740.